The first kappa shape index (κ1) is 16.6. The Balaban J connectivity index is 2.71. The molecule has 1 rings (SSSR count). The van der Waals surface area contributed by atoms with E-state index in [0.29, 0.717) is 11.5 Å². The van der Waals surface area contributed by atoms with Crippen molar-refractivity contribution in [1.29, 1.82) is 0 Å². The van der Waals surface area contributed by atoms with Crippen LogP contribution in [0.1, 0.15) is 13.8 Å². The quantitative estimate of drug-likeness (QED) is 0.719. The van der Waals surface area contributed by atoms with Crippen LogP contribution in [0.3, 0.4) is 0 Å². The Bertz CT molecular complexity index is 543. The smallest absolute Gasteiger partial charge is 0.233 e. The molecule has 1 aromatic rings. The van der Waals surface area contributed by atoms with Crippen LogP contribution in [0.5, 0.6) is 11.5 Å². The van der Waals surface area contributed by atoms with Gasteiger partial charge in [-0.3, -0.25) is 0 Å². The summed E-state index contributed by atoms with van der Waals surface area (Å²) in [7, 11) is 3.29. The fourth-order valence-corrected chi connectivity index (χ4v) is 3.88. The Morgan fingerprint density at radius 3 is 2.47 bits per heavy atom. The van der Waals surface area contributed by atoms with Crippen molar-refractivity contribution in [3.8, 4) is 11.5 Å². The highest BCUT2D eigenvalue weighted by Gasteiger charge is 2.26. The zero-order valence-electron chi connectivity index (χ0n) is 10.9. The zero-order valence-corrected chi connectivity index (χ0v) is 14.1. The number of ether oxygens (including phenoxy) is 2. The van der Waals surface area contributed by atoms with Gasteiger partial charge in [0, 0.05) is 16.1 Å². The first-order valence-electron chi connectivity index (χ1n) is 5.52. The van der Waals surface area contributed by atoms with E-state index in [4.69, 9.17) is 20.2 Å². The average Bonchev–Trinajstić information content (AvgIpc) is 2.24. The second-order valence-corrected chi connectivity index (χ2v) is 8.56. The third-order valence-corrected chi connectivity index (χ3v) is 4.39. The topological polar surface area (TPSA) is 52.6 Å². The summed E-state index contributed by atoms with van der Waals surface area (Å²) >= 11 is 3.37. The number of halogens is 2. The van der Waals surface area contributed by atoms with Crippen molar-refractivity contribution in [2.24, 2.45) is 5.41 Å². The molecule has 0 heterocycles. The van der Waals surface area contributed by atoms with Crippen molar-refractivity contribution in [2.75, 3.05) is 19.5 Å². The van der Waals surface area contributed by atoms with Crippen LogP contribution in [0.4, 0.5) is 0 Å². The molecule has 0 bridgehead atoms. The summed E-state index contributed by atoms with van der Waals surface area (Å²) in [6.07, 6.45) is 0. The summed E-state index contributed by atoms with van der Waals surface area (Å²) in [4.78, 5) is 0. The fourth-order valence-electron chi connectivity index (χ4n) is 1.51. The van der Waals surface area contributed by atoms with E-state index >= 15 is 0 Å². The van der Waals surface area contributed by atoms with Crippen LogP contribution in [0.15, 0.2) is 22.7 Å². The lowest BCUT2D eigenvalue weighted by Gasteiger charge is -2.23. The van der Waals surface area contributed by atoms with Crippen molar-refractivity contribution in [3.63, 3.8) is 0 Å². The van der Waals surface area contributed by atoms with Crippen molar-refractivity contribution >= 4 is 35.7 Å². The molecule has 7 heteroatoms. The molecule has 0 aliphatic heterocycles. The van der Waals surface area contributed by atoms with Gasteiger partial charge >= 0.3 is 0 Å². The van der Waals surface area contributed by atoms with E-state index < -0.39 is 14.5 Å². The van der Waals surface area contributed by atoms with Crippen LogP contribution in [-0.4, -0.2) is 27.9 Å². The van der Waals surface area contributed by atoms with E-state index in [2.05, 4.69) is 15.9 Å². The summed E-state index contributed by atoms with van der Waals surface area (Å²) in [5, 5.41) is 0. The SMILES string of the molecule is COc1ccc(OCC(C)(C)CS(=O)(=O)Cl)c(Br)c1. The molecule has 4 nitrogen and oxygen atoms in total. The maximum absolute atomic E-state index is 11.1. The standard InChI is InChI=1S/C12H16BrClO4S/c1-12(2,8-19(14,15)16)7-18-11-5-4-9(17-3)6-10(11)13/h4-6H,7-8H2,1-3H3. The van der Waals surface area contributed by atoms with Gasteiger partial charge in [-0.1, -0.05) is 13.8 Å². The Morgan fingerprint density at radius 1 is 1.37 bits per heavy atom. The predicted molar refractivity (Wildman–Crippen MR) is 79.6 cm³/mol. The molecule has 0 fully saturated rings. The molecule has 0 atom stereocenters. The van der Waals surface area contributed by atoms with Crippen LogP contribution < -0.4 is 9.47 Å². The van der Waals surface area contributed by atoms with Crippen molar-refractivity contribution < 1.29 is 17.9 Å². The Labute approximate surface area is 126 Å². The summed E-state index contributed by atoms with van der Waals surface area (Å²) in [5.74, 6) is 1.19. The third kappa shape index (κ3) is 6.01. The molecule has 0 unspecified atom stereocenters. The van der Waals surface area contributed by atoms with Crippen LogP contribution in [0.2, 0.25) is 0 Å². The van der Waals surface area contributed by atoms with Gasteiger partial charge in [-0.05, 0) is 34.1 Å². The lowest BCUT2D eigenvalue weighted by molar-refractivity contribution is 0.199. The van der Waals surface area contributed by atoms with Crippen molar-refractivity contribution in [2.45, 2.75) is 13.8 Å². The summed E-state index contributed by atoms with van der Waals surface area (Å²) in [6, 6.07) is 5.31. The van der Waals surface area contributed by atoms with E-state index in [-0.39, 0.29) is 12.4 Å². The van der Waals surface area contributed by atoms with Gasteiger partial charge in [-0.15, -0.1) is 0 Å². The van der Waals surface area contributed by atoms with Gasteiger partial charge in [-0.25, -0.2) is 8.42 Å². The average molecular weight is 372 g/mol. The first-order chi connectivity index (χ1) is 8.63. The molecule has 0 aliphatic rings. The summed E-state index contributed by atoms with van der Waals surface area (Å²) < 4.78 is 33.6. The molecule has 0 saturated heterocycles. The molecular formula is C12H16BrClO4S. The maximum atomic E-state index is 11.1. The molecule has 108 valence electrons. The van der Waals surface area contributed by atoms with Gasteiger partial charge in [0.1, 0.15) is 11.5 Å². The fraction of sp³-hybridized carbons (Fsp3) is 0.500. The molecule has 1 aromatic carbocycles. The number of methoxy groups -OCH3 is 1. The molecular weight excluding hydrogens is 356 g/mol. The lowest BCUT2D eigenvalue weighted by Crippen LogP contribution is -2.28. The second kappa shape index (κ2) is 6.33. The Hall–Kier alpha value is -0.460. The Morgan fingerprint density at radius 2 is 2.00 bits per heavy atom. The van der Waals surface area contributed by atoms with Crippen LogP contribution in [0.25, 0.3) is 0 Å². The van der Waals surface area contributed by atoms with Crippen LogP contribution in [-0.2, 0) is 9.05 Å². The Kier molecular flexibility index (Phi) is 5.53. The van der Waals surface area contributed by atoms with Gasteiger partial charge in [-0.2, -0.15) is 0 Å². The van der Waals surface area contributed by atoms with Crippen LogP contribution in [0, 0.1) is 5.41 Å². The number of rotatable bonds is 6. The number of hydrogen-bond donors (Lipinski definition) is 0. The molecule has 19 heavy (non-hydrogen) atoms. The van der Waals surface area contributed by atoms with E-state index in [1.54, 1.807) is 39.2 Å². The molecule has 0 aliphatic carbocycles. The largest absolute Gasteiger partial charge is 0.497 e. The number of benzene rings is 1. The molecule has 0 spiro atoms. The predicted octanol–water partition coefficient (Wildman–Crippen LogP) is 3.43. The number of hydrogen-bond acceptors (Lipinski definition) is 4. The summed E-state index contributed by atoms with van der Waals surface area (Å²) in [5.41, 5.74) is -0.569. The van der Waals surface area contributed by atoms with Gasteiger partial charge in [0.25, 0.3) is 0 Å². The van der Waals surface area contributed by atoms with Crippen LogP contribution >= 0.6 is 26.6 Å². The highest BCUT2D eigenvalue weighted by molar-refractivity contribution is 9.10. The molecule has 0 aromatic heterocycles. The monoisotopic (exact) mass is 370 g/mol. The minimum Gasteiger partial charge on any atom is -0.497 e. The highest BCUT2D eigenvalue weighted by Crippen LogP contribution is 2.31. The lowest BCUT2D eigenvalue weighted by atomic mass is 9.98. The minimum absolute atomic E-state index is 0.144. The molecule has 0 amide bonds. The normalized spacial score (nSPS) is 12.3. The molecule has 0 radical (unpaired) electrons. The van der Waals surface area contributed by atoms with Gasteiger partial charge in [0.05, 0.1) is 23.9 Å². The summed E-state index contributed by atoms with van der Waals surface area (Å²) in [6.45, 7) is 3.80. The molecule has 0 N–H and O–H groups in total. The van der Waals surface area contributed by atoms with E-state index in [1.807, 2.05) is 0 Å². The van der Waals surface area contributed by atoms with Gasteiger partial charge < -0.3 is 9.47 Å². The van der Waals surface area contributed by atoms with E-state index in [9.17, 15) is 8.42 Å². The van der Waals surface area contributed by atoms with Crippen molar-refractivity contribution in [3.05, 3.63) is 22.7 Å². The first-order valence-corrected chi connectivity index (χ1v) is 8.79. The third-order valence-electron chi connectivity index (χ3n) is 2.32. The molecule has 0 saturated carbocycles. The van der Waals surface area contributed by atoms with Crippen molar-refractivity contribution in [1.82, 2.24) is 0 Å². The van der Waals surface area contributed by atoms with Gasteiger partial charge in [0.2, 0.25) is 9.05 Å². The van der Waals surface area contributed by atoms with E-state index in [0.717, 1.165) is 4.47 Å². The maximum Gasteiger partial charge on any atom is 0.233 e. The zero-order chi connectivity index (χ0) is 14.7. The minimum atomic E-state index is -3.55. The second-order valence-electron chi connectivity index (χ2n) is 4.93. The highest BCUT2D eigenvalue weighted by atomic mass is 79.9. The van der Waals surface area contributed by atoms with Gasteiger partial charge in [0.15, 0.2) is 0 Å². The van der Waals surface area contributed by atoms with E-state index in [1.165, 1.54) is 0 Å².